The smallest absolute Gasteiger partial charge is 0.303 e. The quantitative estimate of drug-likeness (QED) is 0.249. The van der Waals surface area contributed by atoms with Crippen LogP contribution >= 0.6 is 0 Å². The molecule has 0 radical (unpaired) electrons. The van der Waals surface area contributed by atoms with Crippen molar-refractivity contribution >= 4 is 35.5 Å². The second-order valence-electron chi connectivity index (χ2n) is 9.80. The number of ether oxygens (including phenoxy) is 8. The topological polar surface area (TPSA) is 162 Å². The minimum absolute atomic E-state index is 0.0350. The molecular formula is C31H37NO13. The number of benzene rings is 2. The number of carbonyl (C=O) groups is 5. The molecule has 0 saturated carbocycles. The zero-order valence-electron chi connectivity index (χ0n) is 26.1. The fraction of sp³-hybridized carbons (Fsp3) is 0.452. The van der Waals surface area contributed by atoms with Crippen molar-refractivity contribution < 1.29 is 61.9 Å². The van der Waals surface area contributed by atoms with Crippen LogP contribution in [0.5, 0.6) is 17.2 Å². The normalized spacial score (nSPS) is 20.6. The van der Waals surface area contributed by atoms with Crippen LogP contribution in [0.1, 0.15) is 45.0 Å². The van der Waals surface area contributed by atoms with Gasteiger partial charge in [-0.3, -0.25) is 24.0 Å². The van der Waals surface area contributed by atoms with E-state index in [9.17, 15) is 24.0 Å². The maximum atomic E-state index is 13.9. The van der Waals surface area contributed by atoms with Crippen LogP contribution in [0.25, 0.3) is 0 Å². The molecule has 1 aliphatic rings. The van der Waals surface area contributed by atoms with Gasteiger partial charge in [0.05, 0.1) is 19.8 Å². The van der Waals surface area contributed by atoms with Gasteiger partial charge in [-0.15, -0.1) is 0 Å². The molecule has 0 aromatic heterocycles. The van der Waals surface area contributed by atoms with Gasteiger partial charge in [0, 0.05) is 46.0 Å². The van der Waals surface area contributed by atoms with Crippen molar-refractivity contribution in [2.75, 3.05) is 32.3 Å². The molecule has 244 valence electrons. The molecule has 14 heteroatoms. The van der Waals surface area contributed by atoms with Crippen molar-refractivity contribution in [2.45, 2.75) is 65.3 Å². The van der Waals surface area contributed by atoms with E-state index in [2.05, 4.69) is 0 Å². The van der Waals surface area contributed by atoms with Crippen LogP contribution in [-0.4, -0.2) is 87.9 Å². The molecule has 1 aliphatic heterocycles. The van der Waals surface area contributed by atoms with Gasteiger partial charge in [-0.2, -0.15) is 0 Å². The summed E-state index contributed by atoms with van der Waals surface area (Å²) >= 11 is 0. The molecule has 1 saturated heterocycles. The summed E-state index contributed by atoms with van der Waals surface area (Å²) in [5.74, 6) is -2.59. The van der Waals surface area contributed by atoms with Crippen LogP contribution in [0, 0.1) is 0 Å². The zero-order valence-corrected chi connectivity index (χ0v) is 26.1. The Morgan fingerprint density at radius 3 is 1.82 bits per heavy atom. The summed E-state index contributed by atoms with van der Waals surface area (Å²) in [5, 5.41) is 0. The molecule has 0 aliphatic carbocycles. The van der Waals surface area contributed by atoms with E-state index in [-0.39, 0.29) is 17.9 Å². The van der Waals surface area contributed by atoms with Crippen LogP contribution < -0.4 is 19.1 Å². The molecule has 5 atom stereocenters. The largest absolute Gasteiger partial charge is 0.497 e. The number of amides is 1. The molecule has 3 rings (SSSR count). The number of methoxy groups -OCH3 is 2. The lowest BCUT2D eigenvalue weighted by molar-refractivity contribution is -0.288. The molecule has 0 bridgehead atoms. The average molecular weight is 632 g/mol. The average Bonchev–Trinajstić information content (AvgIpc) is 2.99. The van der Waals surface area contributed by atoms with E-state index in [1.165, 1.54) is 38.2 Å². The molecule has 0 N–H and O–H groups in total. The first-order valence-corrected chi connectivity index (χ1v) is 14.0. The monoisotopic (exact) mass is 631 g/mol. The number of carbonyl (C=O) groups excluding carboxylic acids is 5. The molecule has 0 spiro atoms. The summed E-state index contributed by atoms with van der Waals surface area (Å²) in [6.07, 6.45) is -7.12. The first kappa shape index (κ1) is 34.6. The van der Waals surface area contributed by atoms with Crippen molar-refractivity contribution in [3.05, 3.63) is 48.0 Å². The van der Waals surface area contributed by atoms with Gasteiger partial charge >= 0.3 is 23.9 Å². The first-order chi connectivity index (χ1) is 21.4. The van der Waals surface area contributed by atoms with Gasteiger partial charge in [-0.25, -0.2) is 0 Å². The number of anilines is 1. The Kier molecular flexibility index (Phi) is 12.1. The van der Waals surface area contributed by atoms with E-state index in [0.717, 1.165) is 20.8 Å². The maximum Gasteiger partial charge on any atom is 0.303 e. The third-order valence-electron chi connectivity index (χ3n) is 6.56. The Hall–Kier alpha value is -4.85. The van der Waals surface area contributed by atoms with Gasteiger partial charge in [-0.1, -0.05) is 0 Å². The van der Waals surface area contributed by atoms with Gasteiger partial charge in [0.15, 0.2) is 12.2 Å². The number of rotatable bonds is 12. The Balaban J connectivity index is 2.10. The Morgan fingerprint density at radius 2 is 1.29 bits per heavy atom. The highest BCUT2D eigenvalue weighted by Crippen LogP contribution is 2.34. The number of hydrogen-bond acceptors (Lipinski definition) is 13. The highest BCUT2D eigenvalue weighted by atomic mass is 16.7. The third-order valence-corrected chi connectivity index (χ3v) is 6.56. The number of esters is 4. The fourth-order valence-corrected chi connectivity index (χ4v) is 4.66. The van der Waals surface area contributed by atoms with Gasteiger partial charge in [-0.05, 0) is 43.3 Å². The molecule has 1 heterocycles. The van der Waals surface area contributed by atoms with Gasteiger partial charge in [0.1, 0.15) is 30.0 Å². The zero-order chi connectivity index (χ0) is 33.3. The SMILES string of the molecule is CCN(C(=O)c1ccc(OC)cc1OC1OC(COC(C)=O)C(OC(C)=O)C(OC(C)=O)C1OC(C)=O)c1ccc(OC)cc1. The fourth-order valence-electron chi connectivity index (χ4n) is 4.66. The summed E-state index contributed by atoms with van der Waals surface area (Å²) < 4.78 is 44.3. The third kappa shape index (κ3) is 9.08. The van der Waals surface area contributed by atoms with Crippen molar-refractivity contribution in [3.8, 4) is 17.2 Å². The van der Waals surface area contributed by atoms with Gasteiger partial charge < -0.3 is 42.8 Å². The predicted octanol–water partition coefficient (Wildman–Crippen LogP) is 2.83. The van der Waals surface area contributed by atoms with Crippen molar-refractivity contribution in [1.29, 1.82) is 0 Å². The van der Waals surface area contributed by atoms with Gasteiger partial charge in [0.2, 0.25) is 12.4 Å². The molecule has 1 amide bonds. The van der Waals surface area contributed by atoms with E-state index in [4.69, 9.17) is 37.9 Å². The van der Waals surface area contributed by atoms with Crippen LogP contribution in [0.2, 0.25) is 0 Å². The Morgan fingerprint density at radius 1 is 0.733 bits per heavy atom. The Labute approximate surface area is 260 Å². The second kappa shape index (κ2) is 15.7. The van der Waals surface area contributed by atoms with E-state index in [0.29, 0.717) is 17.2 Å². The molecule has 14 nitrogen and oxygen atoms in total. The second-order valence-corrected chi connectivity index (χ2v) is 9.80. The highest BCUT2D eigenvalue weighted by molar-refractivity contribution is 6.08. The lowest BCUT2D eigenvalue weighted by Crippen LogP contribution is -2.63. The highest BCUT2D eigenvalue weighted by Gasteiger charge is 2.53. The summed E-state index contributed by atoms with van der Waals surface area (Å²) in [6.45, 7) is 6.15. The predicted molar refractivity (Wildman–Crippen MR) is 156 cm³/mol. The van der Waals surface area contributed by atoms with Crippen LogP contribution in [0.15, 0.2) is 42.5 Å². The van der Waals surface area contributed by atoms with E-state index < -0.39 is 67.1 Å². The maximum absolute atomic E-state index is 13.9. The van der Waals surface area contributed by atoms with Crippen LogP contribution in [0.3, 0.4) is 0 Å². The van der Waals surface area contributed by atoms with Crippen molar-refractivity contribution in [1.82, 2.24) is 0 Å². The standard InChI is InChI=1S/C31H37NO13/c1-8-32(21-9-11-22(38-6)12-10-21)30(37)24-14-13-23(39-7)15-25(24)44-31-29(43-20(5)36)28(42-19(4)35)27(41-18(3)34)26(45-31)16-40-17(2)33/h9-15,26-29,31H,8,16H2,1-7H3. The first-order valence-electron chi connectivity index (χ1n) is 14.0. The molecule has 2 aromatic carbocycles. The Bertz CT molecular complexity index is 1380. The minimum Gasteiger partial charge on any atom is -0.497 e. The van der Waals surface area contributed by atoms with E-state index in [1.54, 1.807) is 37.3 Å². The minimum atomic E-state index is -1.56. The molecular weight excluding hydrogens is 594 g/mol. The van der Waals surface area contributed by atoms with Crippen LogP contribution in [0.4, 0.5) is 5.69 Å². The van der Waals surface area contributed by atoms with E-state index >= 15 is 0 Å². The molecule has 45 heavy (non-hydrogen) atoms. The van der Waals surface area contributed by atoms with Crippen LogP contribution in [-0.2, 0) is 42.9 Å². The number of nitrogens with zero attached hydrogens (tertiary/aromatic N) is 1. The van der Waals surface area contributed by atoms with Gasteiger partial charge in [0.25, 0.3) is 5.91 Å². The summed E-state index contributed by atoms with van der Waals surface area (Å²) in [5.41, 5.74) is 0.665. The van der Waals surface area contributed by atoms with Crippen molar-refractivity contribution in [3.63, 3.8) is 0 Å². The lowest BCUT2D eigenvalue weighted by Gasteiger charge is -2.44. The summed E-state index contributed by atoms with van der Waals surface area (Å²) in [4.78, 5) is 63.5. The molecule has 2 aromatic rings. The summed E-state index contributed by atoms with van der Waals surface area (Å²) in [7, 11) is 2.96. The molecule has 1 fully saturated rings. The summed E-state index contributed by atoms with van der Waals surface area (Å²) in [6, 6.07) is 11.4. The van der Waals surface area contributed by atoms with Crippen molar-refractivity contribution in [2.24, 2.45) is 0 Å². The lowest BCUT2D eigenvalue weighted by atomic mass is 9.98. The number of hydrogen-bond donors (Lipinski definition) is 0. The molecule has 5 unspecified atom stereocenters. The van der Waals surface area contributed by atoms with E-state index in [1.807, 2.05) is 0 Å².